The molecule has 1 aromatic heterocycles. The van der Waals surface area contributed by atoms with E-state index in [-0.39, 0.29) is 0 Å². The Morgan fingerprint density at radius 3 is 2.89 bits per heavy atom. The van der Waals surface area contributed by atoms with E-state index in [2.05, 4.69) is 24.9 Å². The van der Waals surface area contributed by atoms with Gasteiger partial charge in [-0.25, -0.2) is 4.98 Å². The molecule has 3 nitrogen and oxygen atoms in total. The van der Waals surface area contributed by atoms with E-state index in [1.165, 1.54) is 12.8 Å². The minimum absolute atomic E-state index is 0.332. The zero-order chi connectivity index (χ0) is 13.7. The number of aryl methyl sites for hydroxylation is 1. The molecule has 1 saturated carbocycles. The van der Waals surface area contributed by atoms with Gasteiger partial charge in [-0.3, -0.25) is 0 Å². The molecule has 1 aliphatic rings. The fourth-order valence-corrected chi connectivity index (χ4v) is 2.84. The summed E-state index contributed by atoms with van der Waals surface area (Å²) in [5.41, 5.74) is 7.98. The van der Waals surface area contributed by atoms with Crippen LogP contribution in [0.3, 0.4) is 0 Å². The van der Waals surface area contributed by atoms with Crippen molar-refractivity contribution in [1.82, 2.24) is 4.98 Å². The summed E-state index contributed by atoms with van der Waals surface area (Å²) in [5, 5.41) is 0. The predicted octanol–water partition coefficient (Wildman–Crippen LogP) is 3.45. The predicted molar refractivity (Wildman–Crippen MR) is 78.2 cm³/mol. The maximum Gasteiger partial charge on any atom is 0.214 e. The SMILES string of the molecule is CCCc1cc(CN)cc(OC2CCCC(C)C2)n1. The quantitative estimate of drug-likeness (QED) is 0.884. The summed E-state index contributed by atoms with van der Waals surface area (Å²) in [6.45, 7) is 5.03. The summed E-state index contributed by atoms with van der Waals surface area (Å²) in [7, 11) is 0. The lowest BCUT2D eigenvalue weighted by Gasteiger charge is -2.27. The number of nitrogens with two attached hydrogens (primary N) is 1. The van der Waals surface area contributed by atoms with Crippen LogP contribution < -0.4 is 10.5 Å². The second-order valence-electron chi connectivity index (χ2n) is 5.77. The van der Waals surface area contributed by atoms with Crippen LogP contribution in [0.2, 0.25) is 0 Å². The van der Waals surface area contributed by atoms with Gasteiger partial charge < -0.3 is 10.5 Å². The van der Waals surface area contributed by atoms with Gasteiger partial charge in [-0.15, -0.1) is 0 Å². The smallest absolute Gasteiger partial charge is 0.214 e. The zero-order valence-corrected chi connectivity index (χ0v) is 12.2. The van der Waals surface area contributed by atoms with Gasteiger partial charge in [0.15, 0.2) is 0 Å². The van der Waals surface area contributed by atoms with E-state index >= 15 is 0 Å². The molecule has 0 aromatic carbocycles. The summed E-state index contributed by atoms with van der Waals surface area (Å²) in [4.78, 5) is 4.61. The second-order valence-corrected chi connectivity index (χ2v) is 5.77. The van der Waals surface area contributed by atoms with Crippen LogP contribution in [0.15, 0.2) is 12.1 Å². The first-order chi connectivity index (χ1) is 9.21. The molecule has 1 heterocycles. The van der Waals surface area contributed by atoms with Gasteiger partial charge in [0, 0.05) is 18.3 Å². The summed E-state index contributed by atoms with van der Waals surface area (Å²) in [6.07, 6.45) is 7.33. The molecule has 19 heavy (non-hydrogen) atoms. The molecule has 2 rings (SSSR count). The molecular weight excluding hydrogens is 236 g/mol. The molecule has 3 heteroatoms. The molecule has 0 saturated heterocycles. The van der Waals surface area contributed by atoms with Gasteiger partial charge in [-0.05, 0) is 43.2 Å². The van der Waals surface area contributed by atoms with Crippen LogP contribution in [0, 0.1) is 5.92 Å². The van der Waals surface area contributed by atoms with E-state index in [1.807, 2.05) is 6.07 Å². The maximum absolute atomic E-state index is 6.09. The number of hydrogen-bond acceptors (Lipinski definition) is 3. The number of aromatic nitrogens is 1. The number of ether oxygens (including phenoxy) is 1. The first-order valence-electron chi connectivity index (χ1n) is 7.57. The average Bonchev–Trinajstić information content (AvgIpc) is 2.39. The Bertz CT molecular complexity index is 406. The third-order valence-electron chi connectivity index (χ3n) is 3.83. The first kappa shape index (κ1) is 14.3. The van der Waals surface area contributed by atoms with Crippen LogP contribution in [-0.2, 0) is 13.0 Å². The molecular formula is C16H26N2O. The first-order valence-corrected chi connectivity index (χ1v) is 7.57. The van der Waals surface area contributed by atoms with Gasteiger partial charge in [0.2, 0.25) is 5.88 Å². The second kappa shape index (κ2) is 6.90. The van der Waals surface area contributed by atoms with Crippen molar-refractivity contribution < 1.29 is 4.74 Å². The number of pyridine rings is 1. The molecule has 2 N–H and O–H groups in total. The third-order valence-corrected chi connectivity index (χ3v) is 3.83. The summed E-state index contributed by atoms with van der Waals surface area (Å²) < 4.78 is 6.09. The van der Waals surface area contributed by atoms with E-state index in [0.29, 0.717) is 12.6 Å². The number of rotatable bonds is 5. The Morgan fingerprint density at radius 1 is 1.37 bits per heavy atom. The van der Waals surface area contributed by atoms with E-state index in [0.717, 1.165) is 48.7 Å². The molecule has 0 amide bonds. The van der Waals surface area contributed by atoms with E-state index in [1.54, 1.807) is 0 Å². The maximum atomic E-state index is 6.09. The molecule has 1 fully saturated rings. The highest BCUT2D eigenvalue weighted by Gasteiger charge is 2.20. The topological polar surface area (TPSA) is 48.1 Å². The van der Waals surface area contributed by atoms with Crippen LogP contribution in [0.4, 0.5) is 0 Å². The van der Waals surface area contributed by atoms with E-state index in [4.69, 9.17) is 10.5 Å². The van der Waals surface area contributed by atoms with Gasteiger partial charge in [-0.2, -0.15) is 0 Å². The molecule has 1 aliphatic carbocycles. The molecule has 0 aliphatic heterocycles. The fourth-order valence-electron chi connectivity index (χ4n) is 2.84. The molecule has 0 radical (unpaired) electrons. The highest BCUT2D eigenvalue weighted by Crippen LogP contribution is 2.27. The molecule has 1 aromatic rings. The van der Waals surface area contributed by atoms with E-state index in [9.17, 15) is 0 Å². The normalized spacial score (nSPS) is 23.3. The largest absolute Gasteiger partial charge is 0.474 e. The standard InChI is InChI=1S/C16H26N2O/c1-3-5-14-9-13(11-17)10-16(18-14)19-15-7-4-6-12(2)8-15/h9-10,12,15H,3-8,11,17H2,1-2H3. The molecule has 0 bridgehead atoms. The van der Waals surface area contributed by atoms with Crippen LogP contribution >= 0.6 is 0 Å². The van der Waals surface area contributed by atoms with Gasteiger partial charge in [-0.1, -0.05) is 26.7 Å². The minimum Gasteiger partial charge on any atom is -0.474 e. The molecule has 0 spiro atoms. The highest BCUT2D eigenvalue weighted by molar-refractivity contribution is 5.25. The summed E-state index contributed by atoms with van der Waals surface area (Å²) in [5.74, 6) is 1.54. The Hall–Kier alpha value is -1.09. The lowest BCUT2D eigenvalue weighted by Crippen LogP contribution is -2.24. The van der Waals surface area contributed by atoms with Crippen LogP contribution in [0.25, 0.3) is 0 Å². The fraction of sp³-hybridized carbons (Fsp3) is 0.688. The minimum atomic E-state index is 0.332. The molecule has 2 unspecified atom stereocenters. The average molecular weight is 262 g/mol. The van der Waals surface area contributed by atoms with Gasteiger partial charge in [0.1, 0.15) is 6.10 Å². The summed E-state index contributed by atoms with van der Waals surface area (Å²) >= 11 is 0. The van der Waals surface area contributed by atoms with Crippen molar-refractivity contribution in [2.24, 2.45) is 11.7 Å². The van der Waals surface area contributed by atoms with Gasteiger partial charge in [0.25, 0.3) is 0 Å². The van der Waals surface area contributed by atoms with E-state index < -0.39 is 0 Å². The monoisotopic (exact) mass is 262 g/mol. The number of nitrogens with zero attached hydrogens (tertiary/aromatic N) is 1. The lowest BCUT2D eigenvalue weighted by molar-refractivity contribution is 0.123. The van der Waals surface area contributed by atoms with Crippen LogP contribution in [0.5, 0.6) is 5.88 Å². The molecule has 2 atom stereocenters. The van der Waals surface area contributed by atoms with Crippen molar-refractivity contribution in [2.75, 3.05) is 0 Å². The zero-order valence-electron chi connectivity index (χ0n) is 12.2. The van der Waals surface area contributed by atoms with Crippen molar-refractivity contribution in [1.29, 1.82) is 0 Å². The third kappa shape index (κ3) is 4.20. The highest BCUT2D eigenvalue weighted by atomic mass is 16.5. The van der Waals surface area contributed by atoms with Crippen molar-refractivity contribution >= 4 is 0 Å². The lowest BCUT2D eigenvalue weighted by atomic mass is 9.89. The van der Waals surface area contributed by atoms with Gasteiger partial charge in [0.05, 0.1) is 0 Å². The Labute approximate surface area is 116 Å². The number of hydrogen-bond donors (Lipinski definition) is 1. The summed E-state index contributed by atoms with van der Waals surface area (Å²) in [6, 6.07) is 4.10. The van der Waals surface area contributed by atoms with Crippen molar-refractivity contribution in [3.8, 4) is 5.88 Å². The van der Waals surface area contributed by atoms with Crippen molar-refractivity contribution in [3.05, 3.63) is 23.4 Å². The van der Waals surface area contributed by atoms with Gasteiger partial charge >= 0.3 is 0 Å². The van der Waals surface area contributed by atoms with Crippen molar-refractivity contribution in [3.63, 3.8) is 0 Å². The Balaban J connectivity index is 2.07. The van der Waals surface area contributed by atoms with Crippen molar-refractivity contribution in [2.45, 2.75) is 65.0 Å². The van der Waals surface area contributed by atoms with Crippen LogP contribution in [-0.4, -0.2) is 11.1 Å². The van der Waals surface area contributed by atoms with Crippen LogP contribution in [0.1, 0.15) is 57.2 Å². The Kier molecular flexibility index (Phi) is 5.20. The Morgan fingerprint density at radius 2 is 2.21 bits per heavy atom. The molecule has 106 valence electrons.